The van der Waals surface area contributed by atoms with E-state index in [1.54, 1.807) is 6.92 Å². The molecule has 0 saturated heterocycles. The summed E-state index contributed by atoms with van der Waals surface area (Å²) < 4.78 is 31.8. The van der Waals surface area contributed by atoms with Crippen molar-refractivity contribution in [3.8, 4) is 5.69 Å². The van der Waals surface area contributed by atoms with Gasteiger partial charge in [-0.1, -0.05) is 23.2 Å². The summed E-state index contributed by atoms with van der Waals surface area (Å²) in [5.41, 5.74) is -0.623. The number of ether oxygens (including phenoxy) is 1. The first-order valence-electron chi connectivity index (χ1n) is 7.42. The van der Waals surface area contributed by atoms with Crippen molar-refractivity contribution in [2.45, 2.75) is 32.2 Å². The highest BCUT2D eigenvalue weighted by molar-refractivity contribution is 6.36. The molecule has 0 saturated carbocycles. The van der Waals surface area contributed by atoms with Crippen LogP contribution >= 0.6 is 34.8 Å². The fraction of sp³-hybridized carbons (Fsp3) is 0.400. The second-order valence-electron chi connectivity index (χ2n) is 5.21. The molecule has 1 heterocycles. The van der Waals surface area contributed by atoms with Crippen molar-refractivity contribution >= 4 is 40.8 Å². The minimum atomic E-state index is -3.04. The Labute approximate surface area is 162 Å². The molecule has 0 spiro atoms. The molecule has 1 aromatic carbocycles. The van der Waals surface area contributed by atoms with Gasteiger partial charge in [-0.2, -0.15) is 13.5 Å². The molecule has 0 radical (unpaired) electrons. The molecule has 2 aromatic rings. The number of rotatable bonds is 6. The number of aryl methyl sites for hydroxylation is 1. The fourth-order valence-corrected chi connectivity index (χ4v) is 3.04. The Morgan fingerprint density at radius 2 is 1.96 bits per heavy atom. The molecule has 1 atom stereocenters. The number of hydrogen-bond donors (Lipinski definition) is 0. The average molecular weight is 429 g/mol. The molecule has 1 unspecified atom stereocenters. The first-order chi connectivity index (χ1) is 12.2. The molecule has 0 aliphatic rings. The Morgan fingerprint density at radius 3 is 2.50 bits per heavy atom. The molecule has 0 aliphatic heterocycles. The van der Waals surface area contributed by atoms with Gasteiger partial charge in [0.1, 0.15) is 11.2 Å². The summed E-state index contributed by atoms with van der Waals surface area (Å²) in [5, 5.41) is 3.03. The largest absolute Gasteiger partial charge is 0.465 e. The molecular formula is C15H14Cl3F2N3O3. The highest BCUT2D eigenvalue weighted by Gasteiger charge is 2.23. The van der Waals surface area contributed by atoms with Crippen LogP contribution in [0.15, 0.2) is 16.9 Å². The number of halogens is 5. The third-order valence-corrected chi connectivity index (χ3v) is 4.45. The maximum atomic E-state index is 13.0. The smallest absolute Gasteiger partial charge is 0.355 e. The maximum Gasteiger partial charge on any atom is 0.355 e. The van der Waals surface area contributed by atoms with E-state index in [2.05, 4.69) is 5.10 Å². The lowest BCUT2D eigenvalue weighted by atomic mass is 10.1. The third kappa shape index (κ3) is 4.19. The van der Waals surface area contributed by atoms with Gasteiger partial charge in [-0.3, -0.25) is 4.79 Å². The summed E-state index contributed by atoms with van der Waals surface area (Å²) in [6, 6.07) is 2.70. The van der Waals surface area contributed by atoms with Crippen molar-refractivity contribution in [2.24, 2.45) is 0 Å². The van der Waals surface area contributed by atoms with Crippen LogP contribution in [-0.2, 0) is 16.0 Å². The van der Waals surface area contributed by atoms with E-state index in [9.17, 15) is 18.4 Å². The molecule has 0 fully saturated rings. The number of aromatic nitrogens is 3. The van der Waals surface area contributed by atoms with Gasteiger partial charge in [-0.05, 0) is 31.5 Å². The van der Waals surface area contributed by atoms with E-state index in [-0.39, 0.29) is 39.2 Å². The zero-order valence-corrected chi connectivity index (χ0v) is 15.9. The standard InChI is InChI=1S/C15H14Cl3F2N3O3/c1-3-26-13(24)11(18)4-8-5-12(10(17)6-9(8)16)23-15(25)22(14(19)20)7(2)21-23/h5-6,11,14H,3-4H2,1-2H3. The van der Waals surface area contributed by atoms with Gasteiger partial charge in [0.25, 0.3) is 0 Å². The van der Waals surface area contributed by atoms with E-state index < -0.39 is 23.6 Å². The summed E-state index contributed by atoms with van der Waals surface area (Å²) >= 11 is 18.2. The number of carbonyl (C=O) groups excluding carboxylic acids is 1. The highest BCUT2D eigenvalue weighted by atomic mass is 35.5. The van der Waals surface area contributed by atoms with Crippen LogP contribution in [0.1, 0.15) is 24.9 Å². The van der Waals surface area contributed by atoms with Crippen molar-refractivity contribution in [1.82, 2.24) is 14.3 Å². The molecule has 0 amide bonds. The molecule has 0 bridgehead atoms. The van der Waals surface area contributed by atoms with Crippen LogP contribution in [-0.4, -0.2) is 32.3 Å². The number of nitrogens with zero attached hydrogens (tertiary/aromatic N) is 3. The third-order valence-electron chi connectivity index (χ3n) is 3.46. The lowest BCUT2D eigenvalue weighted by Crippen LogP contribution is -2.25. The number of alkyl halides is 3. The summed E-state index contributed by atoms with van der Waals surface area (Å²) in [4.78, 5) is 23.9. The Bertz CT molecular complexity index is 883. The van der Waals surface area contributed by atoms with Crippen molar-refractivity contribution < 1.29 is 18.3 Å². The highest BCUT2D eigenvalue weighted by Crippen LogP contribution is 2.29. The van der Waals surface area contributed by atoms with Crippen LogP contribution in [0.3, 0.4) is 0 Å². The van der Waals surface area contributed by atoms with Crippen molar-refractivity contribution in [1.29, 1.82) is 0 Å². The molecule has 26 heavy (non-hydrogen) atoms. The van der Waals surface area contributed by atoms with Gasteiger partial charge >= 0.3 is 18.2 Å². The van der Waals surface area contributed by atoms with E-state index in [0.717, 1.165) is 4.68 Å². The van der Waals surface area contributed by atoms with Gasteiger partial charge in [-0.25, -0.2) is 9.36 Å². The number of carbonyl (C=O) groups is 1. The van der Waals surface area contributed by atoms with Crippen molar-refractivity contribution in [2.75, 3.05) is 6.61 Å². The van der Waals surface area contributed by atoms with Crippen molar-refractivity contribution in [3.63, 3.8) is 0 Å². The number of esters is 1. The second kappa shape index (κ2) is 8.37. The van der Waals surface area contributed by atoms with Gasteiger partial charge in [0.15, 0.2) is 0 Å². The van der Waals surface area contributed by atoms with Gasteiger partial charge in [-0.15, -0.1) is 16.7 Å². The Hall–Kier alpha value is -1.64. The molecule has 11 heteroatoms. The molecule has 6 nitrogen and oxygen atoms in total. The van der Waals surface area contributed by atoms with Gasteiger partial charge in [0.2, 0.25) is 0 Å². The fourth-order valence-electron chi connectivity index (χ4n) is 2.27. The van der Waals surface area contributed by atoms with Gasteiger partial charge in [0.05, 0.1) is 17.3 Å². The Morgan fingerprint density at radius 1 is 1.31 bits per heavy atom. The van der Waals surface area contributed by atoms with Crippen LogP contribution < -0.4 is 5.69 Å². The zero-order valence-electron chi connectivity index (χ0n) is 13.7. The average Bonchev–Trinajstić information content (AvgIpc) is 2.84. The van der Waals surface area contributed by atoms with Gasteiger partial charge in [0, 0.05) is 11.4 Å². The molecule has 0 aliphatic carbocycles. The summed E-state index contributed by atoms with van der Waals surface area (Å²) in [7, 11) is 0. The first kappa shape index (κ1) is 20.7. The minimum Gasteiger partial charge on any atom is -0.465 e. The van der Waals surface area contributed by atoms with E-state index >= 15 is 0 Å². The predicted octanol–water partition coefficient (Wildman–Crippen LogP) is 3.76. The van der Waals surface area contributed by atoms with Crippen LogP contribution in [0.25, 0.3) is 5.69 Å². The molecule has 1 aromatic heterocycles. The number of hydrogen-bond acceptors (Lipinski definition) is 4. The SMILES string of the molecule is CCOC(=O)C(Cl)Cc1cc(-n2nc(C)n(C(F)F)c2=O)c(Cl)cc1Cl. The van der Waals surface area contributed by atoms with Crippen molar-refractivity contribution in [3.05, 3.63) is 44.1 Å². The quantitative estimate of drug-likeness (QED) is 0.519. The predicted molar refractivity (Wildman–Crippen MR) is 93.8 cm³/mol. The summed E-state index contributed by atoms with van der Waals surface area (Å²) in [5.74, 6) is -0.809. The first-order valence-corrected chi connectivity index (χ1v) is 8.61. The van der Waals surface area contributed by atoms with E-state index in [4.69, 9.17) is 39.5 Å². The van der Waals surface area contributed by atoms with E-state index in [1.165, 1.54) is 19.1 Å². The van der Waals surface area contributed by atoms with Crippen LogP contribution in [0.2, 0.25) is 10.0 Å². The normalized spacial score (nSPS) is 12.5. The maximum absolute atomic E-state index is 13.0. The molecule has 0 N–H and O–H groups in total. The van der Waals surface area contributed by atoms with Gasteiger partial charge < -0.3 is 4.74 Å². The van der Waals surface area contributed by atoms with Crippen LogP contribution in [0, 0.1) is 6.92 Å². The lowest BCUT2D eigenvalue weighted by Gasteiger charge is -2.12. The zero-order chi connectivity index (χ0) is 19.6. The Kier molecular flexibility index (Phi) is 6.65. The van der Waals surface area contributed by atoms with Crippen LogP contribution in [0.4, 0.5) is 8.78 Å². The monoisotopic (exact) mass is 427 g/mol. The lowest BCUT2D eigenvalue weighted by molar-refractivity contribution is -0.142. The summed E-state index contributed by atoms with van der Waals surface area (Å²) in [6.07, 6.45) is -0.00726. The summed E-state index contributed by atoms with van der Waals surface area (Å²) in [6.45, 7) is 0.0344. The molecule has 142 valence electrons. The minimum absolute atomic E-state index is 0.00726. The Balaban J connectivity index is 2.48. The van der Waals surface area contributed by atoms with E-state index in [1.807, 2.05) is 0 Å². The molecular weight excluding hydrogens is 415 g/mol. The van der Waals surface area contributed by atoms with E-state index in [0.29, 0.717) is 5.56 Å². The molecule has 2 rings (SSSR count). The topological polar surface area (TPSA) is 66.1 Å². The number of benzene rings is 1. The van der Waals surface area contributed by atoms with Crippen LogP contribution in [0.5, 0.6) is 0 Å². The second-order valence-corrected chi connectivity index (χ2v) is 6.55.